The number of benzene rings is 1. The number of nitrogens with zero attached hydrogens (tertiary/aromatic N) is 2. The van der Waals surface area contributed by atoms with E-state index in [9.17, 15) is 13.6 Å². The van der Waals surface area contributed by atoms with E-state index in [4.69, 9.17) is 10.5 Å². The van der Waals surface area contributed by atoms with Crippen LogP contribution in [0.15, 0.2) is 24.3 Å². The number of aromatic nitrogens is 2. The largest absolute Gasteiger partial charge is 0.464 e. The molecular formula is C16H13F2N3O2S. The third-order valence-electron chi connectivity index (χ3n) is 3.39. The molecule has 0 spiro atoms. The van der Waals surface area contributed by atoms with Crippen molar-refractivity contribution in [1.29, 1.82) is 0 Å². The Kier molecular flexibility index (Phi) is 4.39. The molecule has 0 fully saturated rings. The fourth-order valence-corrected chi connectivity index (χ4v) is 3.23. The second-order valence-electron chi connectivity index (χ2n) is 4.89. The van der Waals surface area contributed by atoms with Crippen LogP contribution >= 0.6 is 11.3 Å². The fraction of sp³-hybridized carbons (Fsp3) is 0.188. The third kappa shape index (κ3) is 2.80. The van der Waals surface area contributed by atoms with Crippen LogP contribution < -0.4 is 10.5 Å². The number of carbonyl (C=O) groups is 1. The number of carbonyl (C=O) groups excluding carboxylic acids is 1. The van der Waals surface area contributed by atoms with E-state index in [-0.39, 0.29) is 17.3 Å². The second kappa shape index (κ2) is 6.48. The zero-order valence-corrected chi connectivity index (χ0v) is 13.4. The van der Waals surface area contributed by atoms with E-state index in [2.05, 4.69) is 9.97 Å². The molecule has 2 N–H and O–H groups in total. The Morgan fingerprint density at radius 1 is 1.38 bits per heavy atom. The molecule has 0 radical (unpaired) electrons. The summed E-state index contributed by atoms with van der Waals surface area (Å²) in [6, 6.07) is 5.97. The zero-order valence-electron chi connectivity index (χ0n) is 12.6. The van der Waals surface area contributed by atoms with E-state index >= 15 is 0 Å². The molecule has 0 unspecified atom stereocenters. The number of thiophene rings is 1. The number of anilines is 1. The summed E-state index contributed by atoms with van der Waals surface area (Å²) in [5.41, 5.74) is 6.97. The van der Waals surface area contributed by atoms with Crippen LogP contribution in [0.4, 0.5) is 14.5 Å². The van der Waals surface area contributed by atoms with Gasteiger partial charge >= 0.3 is 6.01 Å². The summed E-state index contributed by atoms with van der Waals surface area (Å²) < 4.78 is 31.3. The number of nitrogens with two attached hydrogens (primary N) is 1. The average Bonchev–Trinajstić information content (AvgIpc) is 2.90. The monoisotopic (exact) mass is 349 g/mol. The van der Waals surface area contributed by atoms with Gasteiger partial charge < -0.3 is 10.5 Å². The summed E-state index contributed by atoms with van der Waals surface area (Å²) in [6.45, 7) is 2.13. The van der Waals surface area contributed by atoms with E-state index in [1.165, 1.54) is 18.2 Å². The maximum absolute atomic E-state index is 13.0. The lowest BCUT2D eigenvalue weighted by Crippen LogP contribution is -2.00. The number of fused-ring (bicyclic) bond motifs is 1. The Morgan fingerprint density at radius 3 is 2.83 bits per heavy atom. The van der Waals surface area contributed by atoms with Crippen molar-refractivity contribution in [2.45, 2.75) is 13.3 Å². The predicted molar refractivity (Wildman–Crippen MR) is 88.8 cm³/mol. The van der Waals surface area contributed by atoms with Gasteiger partial charge in [0.1, 0.15) is 4.83 Å². The minimum Gasteiger partial charge on any atom is -0.464 e. The lowest BCUT2D eigenvalue weighted by molar-refractivity contribution is 0.112. The van der Waals surface area contributed by atoms with Gasteiger partial charge in [-0.15, -0.1) is 11.3 Å². The van der Waals surface area contributed by atoms with E-state index in [1.807, 2.05) is 0 Å². The van der Waals surface area contributed by atoms with Gasteiger partial charge in [0.15, 0.2) is 6.29 Å². The van der Waals surface area contributed by atoms with Crippen LogP contribution in [0.2, 0.25) is 0 Å². The van der Waals surface area contributed by atoms with Gasteiger partial charge in [-0.25, -0.2) is 8.78 Å². The molecule has 5 nitrogen and oxygen atoms in total. The maximum Gasteiger partial charge on any atom is 0.318 e. The van der Waals surface area contributed by atoms with Gasteiger partial charge in [0, 0.05) is 11.1 Å². The second-order valence-corrected chi connectivity index (χ2v) is 5.92. The summed E-state index contributed by atoms with van der Waals surface area (Å²) in [4.78, 5) is 20.5. The lowest BCUT2D eigenvalue weighted by Gasteiger charge is -2.08. The van der Waals surface area contributed by atoms with Crippen molar-refractivity contribution in [2.75, 3.05) is 12.3 Å². The van der Waals surface area contributed by atoms with E-state index in [0.29, 0.717) is 39.2 Å². The average molecular weight is 349 g/mol. The van der Waals surface area contributed by atoms with Gasteiger partial charge in [0.2, 0.25) is 0 Å². The molecule has 2 aromatic heterocycles. The Balaban J connectivity index is 2.30. The SMILES string of the molecule is CCOc1nc(-c2cccc(C(F)F)c2)c2c(N)c(C=O)sc2n1. The van der Waals surface area contributed by atoms with Gasteiger partial charge in [0.05, 0.1) is 28.3 Å². The molecule has 0 atom stereocenters. The first-order valence-electron chi connectivity index (χ1n) is 7.11. The van der Waals surface area contributed by atoms with Gasteiger partial charge in [-0.2, -0.15) is 9.97 Å². The van der Waals surface area contributed by atoms with E-state index in [1.54, 1.807) is 13.0 Å². The molecule has 3 rings (SSSR count). The Labute approximate surface area is 140 Å². The van der Waals surface area contributed by atoms with Gasteiger partial charge in [0.25, 0.3) is 6.43 Å². The number of hydrogen-bond acceptors (Lipinski definition) is 6. The standard InChI is InChI=1S/C16H13F2N3O2S/c1-2-23-16-20-13(8-4-3-5-9(6-8)14(17)18)11-12(19)10(7-22)24-15(11)21-16/h3-7,14H,2,19H2,1H3. The van der Waals surface area contributed by atoms with E-state index in [0.717, 1.165) is 11.3 Å². The summed E-state index contributed by atoms with van der Waals surface area (Å²) in [6.07, 6.45) is -1.96. The Morgan fingerprint density at radius 2 is 2.17 bits per heavy atom. The van der Waals surface area contributed by atoms with E-state index < -0.39 is 6.43 Å². The highest BCUT2D eigenvalue weighted by Gasteiger charge is 2.19. The third-order valence-corrected chi connectivity index (χ3v) is 4.41. The molecule has 2 heterocycles. The van der Waals surface area contributed by atoms with Gasteiger partial charge in [-0.3, -0.25) is 4.79 Å². The number of ether oxygens (including phenoxy) is 1. The van der Waals surface area contributed by atoms with Crippen molar-refractivity contribution < 1.29 is 18.3 Å². The normalized spacial score (nSPS) is 11.2. The molecule has 3 aromatic rings. The molecule has 0 aliphatic rings. The molecule has 124 valence electrons. The maximum atomic E-state index is 13.0. The molecule has 0 amide bonds. The first kappa shape index (κ1) is 16.3. The van der Waals surface area contributed by atoms with Crippen LogP contribution in [-0.2, 0) is 0 Å². The highest BCUT2D eigenvalue weighted by atomic mass is 32.1. The summed E-state index contributed by atoms with van der Waals surface area (Å²) in [5, 5.41) is 0.469. The van der Waals surface area contributed by atoms with Crippen LogP contribution in [0.5, 0.6) is 6.01 Å². The highest BCUT2D eigenvalue weighted by molar-refractivity contribution is 7.21. The van der Waals surface area contributed by atoms with Gasteiger partial charge in [-0.1, -0.05) is 18.2 Å². The number of alkyl halides is 2. The molecule has 8 heteroatoms. The van der Waals surface area contributed by atoms with Crippen molar-refractivity contribution in [3.8, 4) is 17.3 Å². The quantitative estimate of drug-likeness (QED) is 0.702. The van der Waals surface area contributed by atoms with Crippen LogP contribution in [0.25, 0.3) is 21.5 Å². The van der Waals surface area contributed by atoms with Crippen LogP contribution in [-0.4, -0.2) is 22.9 Å². The minimum absolute atomic E-state index is 0.112. The molecule has 24 heavy (non-hydrogen) atoms. The number of nitrogen functional groups attached to an aromatic ring is 1. The van der Waals surface area contributed by atoms with Crippen molar-refractivity contribution in [1.82, 2.24) is 9.97 Å². The molecule has 0 saturated carbocycles. The fourth-order valence-electron chi connectivity index (χ4n) is 2.33. The molecule has 0 aliphatic heterocycles. The lowest BCUT2D eigenvalue weighted by atomic mass is 10.1. The Bertz CT molecular complexity index is 912. The molecule has 0 aliphatic carbocycles. The number of halogens is 2. The molecule has 0 saturated heterocycles. The zero-order chi connectivity index (χ0) is 17.3. The predicted octanol–water partition coefficient (Wildman–Crippen LogP) is 4.09. The van der Waals surface area contributed by atoms with Gasteiger partial charge in [-0.05, 0) is 13.0 Å². The molecule has 0 bridgehead atoms. The number of aldehydes is 1. The van der Waals surface area contributed by atoms with Crippen molar-refractivity contribution in [3.63, 3.8) is 0 Å². The topological polar surface area (TPSA) is 78.1 Å². The Hall–Kier alpha value is -2.61. The summed E-state index contributed by atoms with van der Waals surface area (Å²) in [5.74, 6) is 0. The van der Waals surface area contributed by atoms with Crippen LogP contribution in [0, 0.1) is 0 Å². The van der Waals surface area contributed by atoms with Crippen LogP contribution in [0.3, 0.4) is 0 Å². The van der Waals surface area contributed by atoms with Crippen LogP contribution in [0.1, 0.15) is 28.6 Å². The smallest absolute Gasteiger partial charge is 0.318 e. The number of rotatable bonds is 5. The van der Waals surface area contributed by atoms with Crippen molar-refractivity contribution >= 4 is 33.5 Å². The summed E-state index contributed by atoms with van der Waals surface area (Å²) in [7, 11) is 0. The first-order valence-corrected chi connectivity index (χ1v) is 7.93. The molecular weight excluding hydrogens is 336 g/mol. The summed E-state index contributed by atoms with van der Waals surface area (Å²) >= 11 is 1.11. The minimum atomic E-state index is -2.60. The first-order chi connectivity index (χ1) is 11.5. The van der Waals surface area contributed by atoms with Crippen molar-refractivity contribution in [2.24, 2.45) is 0 Å². The highest BCUT2D eigenvalue weighted by Crippen LogP contribution is 2.39. The molecule has 1 aromatic carbocycles. The van der Waals surface area contributed by atoms with Crippen molar-refractivity contribution in [3.05, 3.63) is 34.7 Å². The number of hydrogen-bond donors (Lipinski definition) is 1.